The zero-order chi connectivity index (χ0) is 24.3. The topological polar surface area (TPSA) is 86.8 Å². The third-order valence-corrected chi connectivity index (χ3v) is 8.83. The number of halogens is 2. The molecule has 2 saturated heterocycles. The highest BCUT2D eigenvalue weighted by Crippen LogP contribution is 2.29. The minimum atomic E-state index is -3.73. The number of hydrogen-bond acceptors (Lipinski definition) is 4. The number of hydrogen-bond donors (Lipinski definition) is 1. The second-order valence-corrected chi connectivity index (χ2v) is 11.5. The van der Waals surface area contributed by atoms with E-state index in [4.69, 9.17) is 23.2 Å². The lowest BCUT2D eigenvalue weighted by atomic mass is 9.98. The molecule has 7 nitrogen and oxygen atoms in total. The Kier molecular flexibility index (Phi) is 7.82. The van der Waals surface area contributed by atoms with E-state index in [2.05, 4.69) is 5.32 Å². The van der Waals surface area contributed by atoms with Crippen molar-refractivity contribution < 1.29 is 18.0 Å². The van der Waals surface area contributed by atoms with E-state index < -0.39 is 15.9 Å². The smallest absolute Gasteiger partial charge is 0.255 e. The van der Waals surface area contributed by atoms with E-state index in [9.17, 15) is 18.0 Å². The standard InChI is InChI=1S/C24H27Cl2N3O4S/c25-20-9-5-10-21(26)19(20)16-34(32,33)29-14-6-7-17(15-29)23(30)27-22-11-2-1-8-18(22)24(31)28-12-3-4-13-28/h1-2,5,8-11,17H,3-4,6-7,12-16H2,(H,27,30)/t17-/m0/s1. The molecule has 10 heteroatoms. The number of nitrogens with zero attached hydrogens (tertiary/aromatic N) is 2. The predicted octanol–water partition coefficient (Wildman–Crippen LogP) is 4.41. The van der Waals surface area contributed by atoms with Crippen molar-refractivity contribution in [2.45, 2.75) is 31.4 Å². The Bertz CT molecular complexity index is 1160. The largest absolute Gasteiger partial charge is 0.339 e. The Labute approximate surface area is 210 Å². The van der Waals surface area contributed by atoms with Gasteiger partial charge in [0.05, 0.1) is 22.9 Å². The van der Waals surface area contributed by atoms with Crippen molar-refractivity contribution in [1.29, 1.82) is 0 Å². The number of likely N-dealkylation sites (tertiary alicyclic amines) is 1. The van der Waals surface area contributed by atoms with Crippen LogP contribution in [0.3, 0.4) is 0 Å². The Morgan fingerprint density at radius 2 is 1.62 bits per heavy atom. The normalized spacial score (nSPS) is 19.2. The molecule has 34 heavy (non-hydrogen) atoms. The molecule has 0 saturated carbocycles. The van der Waals surface area contributed by atoms with Crippen LogP contribution in [0.2, 0.25) is 10.0 Å². The van der Waals surface area contributed by atoms with E-state index in [-0.39, 0.29) is 24.1 Å². The van der Waals surface area contributed by atoms with Crippen molar-refractivity contribution in [3.8, 4) is 0 Å². The van der Waals surface area contributed by atoms with Gasteiger partial charge in [-0.15, -0.1) is 0 Å². The van der Waals surface area contributed by atoms with Crippen LogP contribution in [0.1, 0.15) is 41.6 Å². The maximum Gasteiger partial charge on any atom is 0.255 e. The summed E-state index contributed by atoms with van der Waals surface area (Å²) >= 11 is 12.3. The first-order valence-electron chi connectivity index (χ1n) is 11.4. The van der Waals surface area contributed by atoms with Crippen LogP contribution in [-0.2, 0) is 20.6 Å². The minimum absolute atomic E-state index is 0.0679. The lowest BCUT2D eigenvalue weighted by molar-refractivity contribution is -0.120. The van der Waals surface area contributed by atoms with Gasteiger partial charge in [-0.1, -0.05) is 41.4 Å². The molecule has 1 N–H and O–H groups in total. The molecule has 0 aromatic heterocycles. The molecule has 182 valence electrons. The summed E-state index contributed by atoms with van der Waals surface area (Å²) in [5.41, 5.74) is 1.25. The molecule has 2 aliphatic heterocycles. The molecule has 2 heterocycles. The highest BCUT2D eigenvalue weighted by molar-refractivity contribution is 7.88. The van der Waals surface area contributed by atoms with Crippen LogP contribution in [-0.4, -0.2) is 55.6 Å². The van der Waals surface area contributed by atoms with E-state index in [0.717, 1.165) is 12.8 Å². The fourth-order valence-corrected chi connectivity index (χ4v) is 6.82. The van der Waals surface area contributed by atoms with Crippen LogP contribution in [0.5, 0.6) is 0 Å². The summed E-state index contributed by atoms with van der Waals surface area (Å²) < 4.78 is 27.5. The number of carbonyl (C=O) groups is 2. The molecular formula is C24H27Cl2N3O4S. The van der Waals surface area contributed by atoms with Crippen molar-refractivity contribution in [3.63, 3.8) is 0 Å². The quantitative estimate of drug-likeness (QED) is 0.607. The van der Waals surface area contributed by atoms with Crippen molar-refractivity contribution >= 4 is 50.7 Å². The molecule has 2 aromatic rings. The second kappa shape index (κ2) is 10.6. The van der Waals surface area contributed by atoms with Gasteiger partial charge in [0.2, 0.25) is 15.9 Å². The number of carbonyl (C=O) groups excluding carboxylic acids is 2. The fraction of sp³-hybridized carbons (Fsp3) is 0.417. The number of sulfonamides is 1. The first-order chi connectivity index (χ1) is 16.3. The van der Waals surface area contributed by atoms with Crippen LogP contribution >= 0.6 is 23.2 Å². The lowest BCUT2D eigenvalue weighted by Crippen LogP contribution is -2.44. The average molecular weight is 524 g/mol. The molecule has 0 bridgehead atoms. The molecule has 2 fully saturated rings. The SMILES string of the molecule is O=C(Nc1ccccc1C(=O)N1CCCC1)[C@H]1CCCN(S(=O)(=O)Cc2c(Cl)cccc2Cl)C1. The first-order valence-corrected chi connectivity index (χ1v) is 13.7. The summed E-state index contributed by atoms with van der Waals surface area (Å²) in [5.74, 6) is -1.25. The lowest BCUT2D eigenvalue weighted by Gasteiger charge is -2.31. The van der Waals surface area contributed by atoms with Crippen LogP contribution in [0.15, 0.2) is 42.5 Å². The molecule has 2 amide bonds. The second-order valence-electron chi connectivity index (χ2n) is 8.69. The third kappa shape index (κ3) is 5.57. The Morgan fingerprint density at radius 1 is 0.941 bits per heavy atom. The van der Waals surface area contributed by atoms with Crippen molar-refractivity contribution in [2.24, 2.45) is 5.92 Å². The van der Waals surface area contributed by atoms with E-state index in [1.165, 1.54) is 4.31 Å². The maximum atomic E-state index is 13.1. The zero-order valence-corrected chi connectivity index (χ0v) is 21.0. The number of nitrogens with one attached hydrogen (secondary N) is 1. The Morgan fingerprint density at radius 3 is 2.32 bits per heavy atom. The number of para-hydroxylation sites is 1. The summed E-state index contributed by atoms with van der Waals surface area (Å²) in [5, 5.41) is 3.46. The average Bonchev–Trinajstić information content (AvgIpc) is 3.37. The summed E-state index contributed by atoms with van der Waals surface area (Å²) in [6.07, 6.45) is 3.08. The van der Waals surface area contributed by atoms with Gasteiger partial charge in [-0.2, -0.15) is 0 Å². The van der Waals surface area contributed by atoms with E-state index in [0.29, 0.717) is 59.3 Å². The fourth-order valence-electron chi connectivity index (χ4n) is 4.46. The monoisotopic (exact) mass is 523 g/mol. The highest BCUT2D eigenvalue weighted by Gasteiger charge is 2.33. The highest BCUT2D eigenvalue weighted by atomic mass is 35.5. The molecule has 2 aromatic carbocycles. The third-order valence-electron chi connectivity index (χ3n) is 6.35. The molecule has 1 atom stereocenters. The van der Waals surface area contributed by atoms with Crippen LogP contribution in [0.25, 0.3) is 0 Å². The van der Waals surface area contributed by atoms with Gasteiger partial charge in [0.25, 0.3) is 5.91 Å². The molecule has 0 radical (unpaired) electrons. The van der Waals surface area contributed by atoms with E-state index >= 15 is 0 Å². The Balaban J connectivity index is 1.46. The zero-order valence-electron chi connectivity index (χ0n) is 18.7. The van der Waals surface area contributed by atoms with Gasteiger partial charge in [0, 0.05) is 41.8 Å². The molecule has 0 spiro atoms. The van der Waals surface area contributed by atoms with Crippen molar-refractivity contribution in [1.82, 2.24) is 9.21 Å². The number of anilines is 1. The van der Waals surface area contributed by atoms with Gasteiger partial charge in [0.15, 0.2) is 0 Å². The van der Waals surface area contributed by atoms with Crippen LogP contribution < -0.4 is 5.32 Å². The van der Waals surface area contributed by atoms with Gasteiger partial charge < -0.3 is 10.2 Å². The number of rotatable bonds is 6. The molecular weight excluding hydrogens is 497 g/mol. The predicted molar refractivity (Wildman–Crippen MR) is 134 cm³/mol. The number of benzene rings is 2. The maximum absolute atomic E-state index is 13.1. The summed E-state index contributed by atoms with van der Waals surface area (Å²) in [7, 11) is -3.73. The first kappa shape index (κ1) is 25.0. The van der Waals surface area contributed by atoms with Gasteiger partial charge in [-0.25, -0.2) is 12.7 Å². The number of amides is 2. The van der Waals surface area contributed by atoms with Gasteiger partial charge >= 0.3 is 0 Å². The Hall–Kier alpha value is -2.13. The van der Waals surface area contributed by atoms with Gasteiger partial charge in [0.1, 0.15) is 0 Å². The molecule has 2 aliphatic rings. The minimum Gasteiger partial charge on any atom is -0.339 e. The van der Waals surface area contributed by atoms with Gasteiger partial charge in [-0.05, 0) is 49.9 Å². The van der Waals surface area contributed by atoms with E-state index in [1.807, 2.05) is 0 Å². The molecule has 4 rings (SSSR count). The van der Waals surface area contributed by atoms with E-state index in [1.54, 1.807) is 47.4 Å². The number of piperidine rings is 1. The van der Waals surface area contributed by atoms with Gasteiger partial charge in [-0.3, -0.25) is 9.59 Å². The van der Waals surface area contributed by atoms with Crippen LogP contribution in [0, 0.1) is 5.92 Å². The summed E-state index contributed by atoms with van der Waals surface area (Å²) in [6, 6.07) is 11.8. The van der Waals surface area contributed by atoms with Crippen LogP contribution in [0.4, 0.5) is 5.69 Å². The summed E-state index contributed by atoms with van der Waals surface area (Å²) in [6.45, 7) is 1.83. The van der Waals surface area contributed by atoms with Crippen molar-refractivity contribution in [3.05, 3.63) is 63.6 Å². The molecule has 0 unspecified atom stereocenters. The van der Waals surface area contributed by atoms with Crippen molar-refractivity contribution in [2.75, 3.05) is 31.5 Å². The molecule has 0 aliphatic carbocycles. The summed E-state index contributed by atoms with van der Waals surface area (Å²) in [4.78, 5) is 27.8.